The fourth-order valence-electron chi connectivity index (χ4n) is 4.59. The average molecular weight is 531 g/mol. The van der Waals surface area contributed by atoms with Gasteiger partial charge in [0.25, 0.3) is 0 Å². The van der Waals surface area contributed by atoms with E-state index in [2.05, 4.69) is 38.1 Å². The van der Waals surface area contributed by atoms with Crippen molar-refractivity contribution in [3.63, 3.8) is 0 Å². The van der Waals surface area contributed by atoms with Gasteiger partial charge in [-0.3, -0.25) is 0 Å². The van der Waals surface area contributed by atoms with E-state index >= 15 is 0 Å². The first-order chi connectivity index (χ1) is 19.6. The Bertz CT molecular complexity index is 1330. The number of hydrogen-bond donors (Lipinski definition) is 0. The van der Waals surface area contributed by atoms with Gasteiger partial charge in [0.2, 0.25) is 0 Å². The molecule has 0 aliphatic rings. The fraction of sp³-hybridized carbons (Fsp3) is 0.353. The van der Waals surface area contributed by atoms with E-state index in [9.17, 15) is 21.0 Å². The van der Waals surface area contributed by atoms with Gasteiger partial charge < -0.3 is 9.47 Å². The maximum absolute atomic E-state index is 10.5. The van der Waals surface area contributed by atoms with Crippen LogP contribution in [-0.4, -0.2) is 13.2 Å². The third-order valence-corrected chi connectivity index (χ3v) is 6.73. The van der Waals surface area contributed by atoms with E-state index in [1.807, 2.05) is 0 Å². The lowest BCUT2D eigenvalue weighted by Crippen LogP contribution is -2.08. The summed E-state index contributed by atoms with van der Waals surface area (Å²) in [7, 11) is 0. The molecule has 0 atom stereocenters. The van der Waals surface area contributed by atoms with Gasteiger partial charge in [-0.1, -0.05) is 76.6 Å². The minimum absolute atomic E-state index is 0.280. The molecule has 3 aromatic rings. The third kappa shape index (κ3) is 7.20. The molecule has 0 spiro atoms. The molecule has 0 fully saturated rings. The molecule has 0 aliphatic heterocycles. The van der Waals surface area contributed by atoms with Crippen LogP contribution in [0.3, 0.4) is 0 Å². The van der Waals surface area contributed by atoms with Gasteiger partial charge >= 0.3 is 0 Å². The van der Waals surface area contributed by atoms with E-state index in [0.717, 1.165) is 51.4 Å². The highest BCUT2D eigenvalue weighted by atomic mass is 16.5. The zero-order valence-corrected chi connectivity index (χ0v) is 23.3. The summed E-state index contributed by atoms with van der Waals surface area (Å²) in [6.07, 6.45) is 7.97. The van der Waals surface area contributed by atoms with Gasteiger partial charge in [0, 0.05) is 11.1 Å². The Morgan fingerprint density at radius 2 is 0.875 bits per heavy atom. The summed E-state index contributed by atoms with van der Waals surface area (Å²) in [6.45, 7) is 5.07. The second-order valence-electron chi connectivity index (χ2n) is 9.58. The van der Waals surface area contributed by atoms with Gasteiger partial charge in [0.15, 0.2) is 0 Å². The van der Waals surface area contributed by atoms with Crippen LogP contribution >= 0.6 is 0 Å². The highest BCUT2D eigenvalue weighted by Crippen LogP contribution is 2.48. The van der Waals surface area contributed by atoms with Gasteiger partial charge in [-0.05, 0) is 48.2 Å². The Labute approximate surface area is 237 Å². The molecule has 6 heteroatoms. The smallest absolute Gasteiger partial charge is 0.147 e. The molecule has 0 amide bonds. The van der Waals surface area contributed by atoms with E-state index in [-0.39, 0.29) is 11.1 Å². The molecule has 0 saturated carbocycles. The maximum Gasteiger partial charge on any atom is 0.147 e. The molecule has 6 nitrogen and oxygen atoms in total. The van der Waals surface area contributed by atoms with Crippen LogP contribution in [0.1, 0.15) is 87.5 Å². The highest BCUT2D eigenvalue weighted by molar-refractivity contribution is 5.92. The van der Waals surface area contributed by atoms with Crippen LogP contribution in [-0.2, 0) is 0 Å². The monoisotopic (exact) mass is 530 g/mol. The van der Waals surface area contributed by atoms with Crippen LogP contribution in [0.25, 0.3) is 22.3 Å². The second kappa shape index (κ2) is 15.6. The molecule has 40 heavy (non-hydrogen) atoms. The van der Waals surface area contributed by atoms with E-state index in [1.165, 1.54) is 0 Å². The van der Waals surface area contributed by atoms with Crippen molar-refractivity contribution in [2.45, 2.75) is 65.2 Å². The number of nitriles is 4. The molecule has 3 rings (SSSR count). The van der Waals surface area contributed by atoms with Crippen LogP contribution in [0.5, 0.6) is 11.5 Å². The van der Waals surface area contributed by atoms with Crippen molar-refractivity contribution in [1.29, 1.82) is 21.0 Å². The summed E-state index contributed by atoms with van der Waals surface area (Å²) in [5, 5.41) is 39.7. The lowest BCUT2D eigenvalue weighted by atomic mass is 9.88. The summed E-state index contributed by atoms with van der Waals surface area (Å²) < 4.78 is 12.7. The quantitative estimate of drug-likeness (QED) is 0.193. The zero-order chi connectivity index (χ0) is 28.7. The summed E-state index contributed by atoms with van der Waals surface area (Å²) in [5.41, 5.74) is 3.85. The van der Waals surface area contributed by atoms with Crippen molar-refractivity contribution in [1.82, 2.24) is 0 Å². The normalized spacial score (nSPS) is 10.2. The Balaban J connectivity index is 2.29. The lowest BCUT2D eigenvalue weighted by molar-refractivity contribution is 0.297. The van der Waals surface area contributed by atoms with Gasteiger partial charge in [-0.25, -0.2) is 0 Å². The first-order valence-corrected chi connectivity index (χ1v) is 13.9. The summed E-state index contributed by atoms with van der Waals surface area (Å²) in [6, 6.07) is 22.8. The predicted octanol–water partition coefficient (Wildman–Crippen LogP) is 8.43. The van der Waals surface area contributed by atoms with Gasteiger partial charge in [0.1, 0.15) is 34.8 Å². The highest BCUT2D eigenvalue weighted by Gasteiger charge is 2.28. The topological polar surface area (TPSA) is 114 Å². The fourth-order valence-corrected chi connectivity index (χ4v) is 4.59. The van der Waals surface area contributed by atoms with Crippen molar-refractivity contribution in [2.24, 2.45) is 0 Å². The molecule has 202 valence electrons. The standard InChI is InChI=1S/C34H34N4O2/c1-3-5-7-9-19-39-33-29(23-37)32(28-17-13-26(22-36)14-18-28)34(40-20-10-8-6-4-2)30(24-38)31(33)27-15-11-25(21-35)12-16-27/h11-18H,3-10,19-20H2,1-2H3. The van der Waals surface area contributed by atoms with Crippen molar-refractivity contribution in [2.75, 3.05) is 13.2 Å². The lowest BCUT2D eigenvalue weighted by Gasteiger charge is -2.22. The molecule has 0 aliphatic carbocycles. The van der Waals surface area contributed by atoms with Crippen LogP contribution in [0.4, 0.5) is 0 Å². The molecule has 0 radical (unpaired) electrons. The Morgan fingerprint density at radius 1 is 0.500 bits per heavy atom. The molecular formula is C34H34N4O2. The summed E-state index contributed by atoms with van der Waals surface area (Å²) in [4.78, 5) is 0. The SMILES string of the molecule is CCCCCCOc1c(C#N)c(-c2ccc(C#N)cc2)c(OCCCCCC)c(C#N)c1-c1ccc(C#N)cc1. The number of nitrogens with zero attached hydrogens (tertiary/aromatic N) is 4. The van der Waals surface area contributed by atoms with E-state index in [0.29, 0.717) is 58.1 Å². The van der Waals surface area contributed by atoms with E-state index < -0.39 is 0 Å². The number of benzene rings is 3. The van der Waals surface area contributed by atoms with E-state index in [1.54, 1.807) is 48.5 Å². The van der Waals surface area contributed by atoms with Crippen LogP contribution in [0.2, 0.25) is 0 Å². The van der Waals surface area contributed by atoms with Crippen LogP contribution < -0.4 is 9.47 Å². The molecule has 0 aromatic heterocycles. The Kier molecular flexibility index (Phi) is 11.6. The predicted molar refractivity (Wildman–Crippen MR) is 155 cm³/mol. The Hall–Kier alpha value is -4.78. The molecule has 0 unspecified atom stereocenters. The number of rotatable bonds is 14. The average Bonchev–Trinajstić information content (AvgIpc) is 3.00. The van der Waals surface area contributed by atoms with Gasteiger partial charge in [-0.15, -0.1) is 0 Å². The minimum Gasteiger partial charge on any atom is -0.491 e. The first-order valence-electron chi connectivity index (χ1n) is 13.9. The molecule has 0 heterocycles. The van der Waals surface area contributed by atoms with Crippen molar-refractivity contribution < 1.29 is 9.47 Å². The molecular weight excluding hydrogens is 496 g/mol. The number of ether oxygens (including phenoxy) is 2. The molecule has 0 bridgehead atoms. The molecule has 0 N–H and O–H groups in total. The number of unbranched alkanes of at least 4 members (excludes halogenated alkanes) is 6. The van der Waals surface area contributed by atoms with Crippen molar-refractivity contribution in [3.05, 3.63) is 70.8 Å². The Morgan fingerprint density at radius 3 is 1.18 bits per heavy atom. The summed E-state index contributed by atoms with van der Waals surface area (Å²) in [5.74, 6) is 0.663. The summed E-state index contributed by atoms with van der Waals surface area (Å²) >= 11 is 0. The van der Waals surface area contributed by atoms with Crippen molar-refractivity contribution >= 4 is 0 Å². The molecule has 0 saturated heterocycles. The van der Waals surface area contributed by atoms with Crippen LogP contribution in [0, 0.1) is 45.3 Å². The maximum atomic E-state index is 10.5. The first kappa shape index (κ1) is 29.8. The minimum atomic E-state index is 0.280. The largest absolute Gasteiger partial charge is 0.491 e. The van der Waals surface area contributed by atoms with Crippen molar-refractivity contribution in [3.8, 4) is 58.0 Å². The number of hydrogen-bond acceptors (Lipinski definition) is 6. The molecule has 3 aromatic carbocycles. The third-order valence-electron chi connectivity index (χ3n) is 6.73. The zero-order valence-electron chi connectivity index (χ0n) is 23.3. The van der Waals surface area contributed by atoms with Gasteiger partial charge in [0.05, 0.1) is 36.5 Å². The van der Waals surface area contributed by atoms with Gasteiger partial charge in [-0.2, -0.15) is 21.0 Å². The second-order valence-corrected chi connectivity index (χ2v) is 9.58. The van der Waals surface area contributed by atoms with E-state index in [4.69, 9.17) is 9.47 Å². The van der Waals surface area contributed by atoms with Crippen LogP contribution in [0.15, 0.2) is 48.5 Å².